The van der Waals surface area contributed by atoms with E-state index in [1.807, 2.05) is 48.2 Å². The van der Waals surface area contributed by atoms with Crippen LogP contribution in [-0.4, -0.2) is 38.7 Å². The van der Waals surface area contributed by atoms with Gasteiger partial charge in [0.2, 0.25) is 5.91 Å². The van der Waals surface area contributed by atoms with Gasteiger partial charge in [-0.1, -0.05) is 24.3 Å². The van der Waals surface area contributed by atoms with Gasteiger partial charge in [-0.05, 0) is 49.4 Å². The molecule has 1 aliphatic heterocycles. The van der Waals surface area contributed by atoms with Crippen LogP contribution >= 0.6 is 0 Å². The summed E-state index contributed by atoms with van der Waals surface area (Å²) in [6.45, 7) is 1.85. The zero-order valence-electron chi connectivity index (χ0n) is 16.9. The summed E-state index contributed by atoms with van der Waals surface area (Å²) in [5, 5.41) is 3.17. The smallest absolute Gasteiger partial charge is 0.249 e. The minimum Gasteiger partial charge on any atom is -0.340 e. The molecule has 1 aromatic heterocycles. The number of nitrogens with zero attached hydrogens (tertiary/aromatic N) is 3. The van der Waals surface area contributed by atoms with Gasteiger partial charge in [0.05, 0.1) is 10.6 Å². The molecule has 0 aliphatic carbocycles. The maximum Gasteiger partial charge on any atom is 0.249 e. The number of hydrogen-bond donors (Lipinski definition) is 1. The molecule has 30 heavy (non-hydrogen) atoms. The maximum atomic E-state index is 12.8. The highest BCUT2D eigenvalue weighted by atomic mass is 32.2. The number of nitrogens with one attached hydrogen (secondary N) is 1. The number of aromatic nitrogens is 1. The third-order valence-electron chi connectivity index (χ3n) is 5.09. The van der Waals surface area contributed by atoms with Crippen molar-refractivity contribution in [2.45, 2.75) is 17.9 Å². The summed E-state index contributed by atoms with van der Waals surface area (Å²) < 4.78 is 23.7. The molecule has 0 spiro atoms. The summed E-state index contributed by atoms with van der Waals surface area (Å²) in [5.74, 6) is 1.19. The van der Waals surface area contributed by atoms with Gasteiger partial charge in [-0.25, -0.2) is 13.4 Å². The van der Waals surface area contributed by atoms with Crippen LogP contribution in [-0.2, 0) is 14.6 Å². The molecule has 0 radical (unpaired) electrons. The van der Waals surface area contributed by atoms with Crippen molar-refractivity contribution in [2.75, 3.05) is 28.4 Å². The molecule has 2 aromatic carbocycles. The first kappa shape index (κ1) is 19.9. The number of pyridine rings is 1. The molecule has 0 saturated heterocycles. The molecule has 1 aliphatic rings. The highest BCUT2D eigenvalue weighted by molar-refractivity contribution is 7.90. The van der Waals surface area contributed by atoms with Crippen molar-refractivity contribution in [1.82, 2.24) is 4.98 Å². The fourth-order valence-electron chi connectivity index (χ4n) is 3.53. The van der Waals surface area contributed by atoms with Gasteiger partial charge in [0.15, 0.2) is 15.7 Å². The van der Waals surface area contributed by atoms with Gasteiger partial charge in [-0.15, -0.1) is 0 Å². The molecular formula is C22H22N4O3S. The van der Waals surface area contributed by atoms with Crippen molar-refractivity contribution in [3.63, 3.8) is 0 Å². The van der Waals surface area contributed by atoms with Crippen molar-refractivity contribution in [1.29, 1.82) is 0 Å². The molecule has 7 nitrogen and oxygen atoms in total. The standard InChI is InChI=1S/C22H22N4O3S/c1-15-22(27)25(2)19-12-13-20(23-16-8-7-11-18(14-16)30(3,28)29)24-21(19)26(15)17-9-5-4-6-10-17/h4-15H,1-3H3,(H,23,24). The number of para-hydroxylation sites is 1. The molecule has 1 atom stereocenters. The largest absolute Gasteiger partial charge is 0.340 e. The van der Waals surface area contributed by atoms with E-state index in [0.29, 0.717) is 23.0 Å². The molecule has 1 N–H and O–H groups in total. The summed E-state index contributed by atoms with van der Waals surface area (Å²) in [6, 6.07) is 19.4. The van der Waals surface area contributed by atoms with Crippen LogP contribution in [0.4, 0.5) is 28.7 Å². The van der Waals surface area contributed by atoms with E-state index in [0.717, 1.165) is 5.69 Å². The third kappa shape index (κ3) is 3.61. The van der Waals surface area contributed by atoms with E-state index in [2.05, 4.69) is 5.32 Å². The number of likely N-dealkylation sites (N-methyl/N-ethyl adjacent to an activating group) is 1. The van der Waals surface area contributed by atoms with Crippen LogP contribution in [0.3, 0.4) is 0 Å². The molecule has 154 valence electrons. The number of carbonyl (C=O) groups is 1. The normalized spacial score (nSPS) is 16.4. The first-order valence-electron chi connectivity index (χ1n) is 9.46. The zero-order valence-corrected chi connectivity index (χ0v) is 17.7. The monoisotopic (exact) mass is 422 g/mol. The second-order valence-corrected chi connectivity index (χ2v) is 9.26. The van der Waals surface area contributed by atoms with Crippen LogP contribution in [0.5, 0.6) is 0 Å². The Hall–Kier alpha value is -3.39. The SMILES string of the molecule is CC1C(=O)N(C)c2ccc(Nc3cccc(S(C)(=O)=O)c3)nc2N1c1ccccc1. The van der Waals surface area contributed by atoms with Gasteiger partial charge in [0.25, 0.3) is 0 Å². The number of fused-ring (bicyclic) bond motifs is 1. The average molecular weight is 423 g/mol. The van der Waals surface area contributed by atoms with Gasteiger partial charge in [-0.3, -0.25) is 4.79 Å². The number of amides is 1. The van der Waals surface area contributed by atoms with Gasteiger partial charge < -0.3 is 15.1 Å². The third-order valence-corrected chi connectivity index (χ3v) is 6.20. The van der Waals surface area contributed by atoms with Crippen molar-refractivity contribution in [3.05, 3.63) is 66.7 Å². The number of anilines is 5. The van der Waals surface area contributed by atoms with Gasteiger partial charge in [0, 0.05) is 24.7 Å². The van der Waals surface area contributed by atoms with E-state index in [9.17, 15) is 13.2 Å². The number of carbonyl (C=O) groups excluding carboxylic acids is 1. The Morgan fingerprint density at radius 1 is 1.00 bits per heavy atom. The van der Waals surface area contributed by atoms with Gasteiger partial charge in [-0.2, -0.15) is 0 Å². The molecule has 0 saturated carbocycles. The second kappa shape index (κ2) is 7.46. The minimum absolute atomic E-state index is 0.0188. The number of hydrogen-bond acceptors (Lipinski definition) is 6. The highest BCUT2D eigenvalue weighted by Crippen LogP contribution is 2.39. The van der Waals surface area contributed by atoms with E-state index < -0.39 is 15.9 Å². The fourth-order valence-corrected chi connectivity index (χ4v) is 4.20. The first-order valence-corrected chi connectivity index (χ1v) is 11.3. The fraction of sp³-hybridized carbons (Fsp3) is 0.182. The van der Waals surface area contributed by atoms with Crippen LogP contribution < -0.4 is 15.1 Å². The first-order chi connectivity index (χ1) is 14.3. The van der Waals surface area contributed by atoms with Crippen LogP contribution in [0.25, 0.3) is 0 Å². The second-order valence-electron chi connectivity index (χ2n) is 7.24. The summed E-state index contributed by atoms with van der Waals surface area (Å²) >= 11 is 0. The molecule has 0 bridgehead atoms. The average Bonchev–Trinajstić information content (AvgIpc) is 2.73. The van der Waals surface area contributed by atoms with Crippen LogP contribution in [0, 0.1) is 0 Å². The Morgan fingerprint density at radius 2 is 1.73 bits per heavy atom. The Labute approximate surface area is 175 Å². The number of sulfone groups is 1. The molecule has 1 amide bonds. The van der Waals surface area contributed by atoms with E-state index in [4.69, 9.17) is 4.98 Å². The van der Waals surface area contributed by atoms with E-state index >= 15 is 0 Å². The summed E-state index contributed by atoms with van der Waals surface area (Å²) in [6.07, 6.45) is 1.18. The quantitative estimate of drug-likeness (QED) is 0.690. The molecule has 1 unspecified atom stereocenters. The van der Waals surface area contributed by atoms with Gasteiger partial charge >= 0.3 is 0 Å². The van der Waals surface area contributed by atoms with Crippen LogP contribution in [0.1, 0.15) is 6.92 Å². The van der Waals surface area contributed by atoms with E-state index in [1.165, 1.54) is 6.26 Å². The number of benzene rings is 2. The topological polar surface area (TPSA) is 82.6 Å². The maximum absolute atomic E-state index is 12.8. The van der Waals surface area contributed by atoms with E-state index in [1.54, 1.807) is 42.3 Å². The van der Waals surface area contributed by atoms with Crippen molar-refractivity contribution < 1.29 is 13.2 Å². The van der Waals surface area contributed by atoms with Gasteiger partial charge in [0.1, 0.15) is 11.9 Å². The molecule has 4 rings (SSSR count). The van der Waals surface area contributed by atoms with Crippen molar-refractivity contribution >= 4 is 44.4 Å². The summed E-state index contributed by atoms with van der Waals surface area (Å²) in [7, 11) is -1.57. The lowest BCUT2D eigenvalue weighted by atomic mass is 10.1. The Bertz CT molecular complexity index is 1210. The molecule has 0 fully saturated rings. The lowest BCUT2D eigenvalue weighted by molar-refractivity contribution is -0.119. The Morgan fingerprint density at radius 3 is 2.43 bits per heavy atom. The lowest BCUT2D eigenvalue weighted by Gasteiger charge is -2.39. The minimum atomic E-state index is -3.31. The Kier molecular flexibility index (Phi) is 4.95. The molecular weight excluding hydrogens is 400 g/mol. The van der Waals surface area contributed by atoms with Crippen molar-refractivity contribution in [2.24, 2.45) is 0 Å². The van der Waals surface area contributed by atoms with Crippen molar-refractivity contribution in [3.8, 4) is 0 Å². The van der Waals surface area contributed by atoms with Crippen LogP contribution in [0.15, 0.2) is 71.6 Å². The zero-order chi connectivity index (χ0) is 21.5. The molecule has 3 aromatic rings. The molecule has 8 heteroatoms. The Balaban J connectivity index is 1.76. The predicted octanol–water partition coefficient (Wildman–Crippen LogP) is 3.73. The molecule has 2 heterocycles. The van der Waals surface area contributed by atoms with Crippen LogP contribution in [0.2, 0.25) is 0 Å². The predicted molar refractivity (Wildman–Crippen MR) is 119 cm³/mol. The summed E-state index contributed by atoms with van der Waals surface area (Å²) in [5.41, 5.74) is 2.19. The highest BCUT2D eigenvalue weighted by Gasteiger charge is 2.35. The lowest BCUT2D eigenvalue weighted by Crippen LogP contribution is -2.49. The number of rotatable bonds is 4. The summed E-state index contributed by atoms with van der Waals surface area (Å²) in [4.78, 5) is 21.3. The van der Waals surface area contributed by atoms with E-state index in [-0.39, 0.29) is 10.8 Å².